The molecule has 242 valence electrons. The van der Waals surface area contributed by atoms with E-state index in [2.05, 4.69) is 34.4 Å². The van der Waals surface area contributed by atoms with Crippen LogP contribution in [0, 0.1) is 24.6 Å². The second kappa shape index (κ2) is 16.8. The molecule has 9 nitrogen and oxygen atoms in total. The van der Waals surface area contributed by atoms with E-state index in [0.29, 0.717) is 39.2 Å². The van der Waals surface area contributed by atoms with Crippen molar-refractivity contribution in [2.45, 2.75) is 54.4 Å². The van der Waals surface area contributed by atoms with Gasteiger partial charge in [0.25, 0.3) is 11.8 Å². The molecule has 0 radical (unpaired) electrons. The number of aromatic nitrogens is 2. The van der Waals surface area contributed by atoms with Gasteiger partial charge in [-0.15, -0.1) is 11.3 Å². The molecule has 3 heterocycles. The van der Waals surface area contributed by atoms with E-state index in [4.69, 9.17) is 14.2 Å². The smallest absolute Gasteiger partial charge is 0.261 e. The Morgan fingerprint density at radius 1 is 1.02 bits per heavy atom. The lowest BCUT2D eigenvalue weighted by molar-refractivity contribution is 0.0274. The normalized spacial score (nSPS) is 15.6. The zero-order valence-electron chi connectivity index (χ0n) is 27.2. The number of thiazole rings is 1. The molecule has 2 aromatic carbocycles. The van der Waals surface area contributed by atoms with Gasteiger partial charge in [-0.1, -0.05) is 34.6 Å². The highest BCUT2D eigenvalue weighted by molar-refractivity contribution is 7.19. The highest BCUT2D eigenvalue weighted by atomic mass is 32.1. The predicted molar refractivity (Wildman–Crippen MR) is 178 cm³/mol. The highest BCUT2D eigenvalue weighted by Gasteiger charge is 2.22. The predicted octanol–water partition coefficient (Wildman–Crippen LogP) is 7.93. The Labute approximate surface area is 268 Å². The second-order valence-corrected chi connectivity index (χ2v) is 11.8. The number of amides is 2. The van der Waals surface area contributed by atoms with E-state index in [1.165, 1.54) is 56.4 Å². The average Bonchev–Trinajstić information content (AvgIpc) is 3.42. The lowest BCUT2D eigenvalue weighted by Crippen LogP contribution is -2.21. The number of ether oxygens (including phenoxy) is 3. The molecule has 11 heteroatoms. The molecular formula is C34H43FN4O5S. The number of carbonyl (C=O) groups is 2. The molecule has 5 rings (SSSR count). The number of fused-ring (bicyclic) bond motifs is 1. The van der Waals surface area contributed by atoms with Crippen LogP contribution in [0.5, 0.6) is 11.6 Å². The molecule has 0 saturated carbocycles. The van der Waals surface area contributed by atoms with Crippen molar-refractivity contribution in [2.24, 2.45) is 11.8 Å². The number of rotatable bonds is 7. The van der Waals surface area contributed by atoms with Crippen LogP contribution >= 0.6 is 11.3 Å². The molecule has 0 spiro atoms. The van der Waals surface area contributed by atoms with Crippen LogP contribution in [0.3, 0.4) is 0 Å². The summed E-state index contributed by atoms with van der Waals surface area (Å²) in [7, 11) is 2.90. The number of nitrogens with one attached hydrogen (secondary N) is 2. The topological polar surface area (TPSA) is 112 Å². The van der Waals surface area contributed by atoms with Gasteiger partial charge in [0.15, 0.2) is 0 Å². The van der Waals surface area contributed by atoms with Gasteiger partial charge in [0.2, 0.25) is 5.88 Å². The van der Waals surface area contributed by atoms with Gasteiger partial charge in [-0.05, 0) is 67.5 Å². The Bertz CT molecular complexity index is 1600. The van der Waals surface area contributed by atoms with Crippen LogP contribution in [0.1, 0.15) is 72.3 Å². The second-order valence-electron chi connectivity index (χ2n) is 10.5. The Hall–Kier alpha value is -4.09. The summed E-state index contributed by atoms with van der Waals surface area (Å²) < 4.78 is 30.4. The van der Waals surface area contributed by atoms with Crippen molar-refractivity contribution < 1.29 is 28.2 Å². The van der Waals surface area contributed by atoms with Gasteiger partial charge in [-0.2, -0.15) is 0 Å². The maximum absolute atomic E-state index is 13.9. The van der Waals surface area contributed by atoms with Gasteiger partial charge in [0, 0.05) is 25.0 Å². The van der Waals surface area contributed by atoms with Crippen molar-refractivity contribution in [3.8, 4) is 11.6 Å². The minimum atomic E-state index is -0.520. The fraction of sp³-hybridized carbons (Fsp3) is 0.412. The van der Waals surface area contributed by atoms with Crippen LogP contribution in [0.15, 0.2) is 42.6 Å². The van der Waals surface area contributed by atoms with Crippen LogP contribution in [0.4, 0.5) is 15.8 Å². The Morgan fingerprint density at radius 2 is 1.73 bits per heavy atom. The van der Waals surface area contributed by atoms with E-state index >= 15 is 0 Å². The van der Waals surface area contributed by atoms with E-state index in [9.17, 15) is 14.0 Å². The standard InChI is InChI=1S/C25H23FN4O4S.C7H14O.C2H6/c1-5-14-10-15(6-7-17(14)26)29-24(31)16-11-21(34-4)27-12-19(16)30-25(32)22-20(33-3)9-8-18-23(22)35-13(2)28-18;1-6-3-7(2)5-8-4-6;1-2/h6-12H,5H2,1-4H3,(H,29,31)(H,30,32);6-7H,3-5H2,1-2H3;1-2H3. The van der Waals surface area contributed by atoms with Gasteiger partial charge in [0.05, 0.1) is 46.9 Å². The number of benzene rings is 2. The van der Waals surface area contributed by atoms with Crippen LogP contribution in [-0.2, 0) is 11.2 Å². The first-order valence-electron chi connectivity index (χ1n) is 15.1. The number of methoxy groups -OCH3 is 2. The Kier molecular flexibility index (Phi) is 13.2. The third-order valence-electron chi connectivity index (χ3n) is 6.95. The maximum Gasteiger partial charge on any atom is 0.261 e. The molecule has 2 aromatic heterocycles. The summed E-state index contributed by atoms with van der Waals surface area (Å²) in [6, 6.07) is 9.23. The first-order chi connectivity index (χ1) is 21.6. The molecule has 45 heavy (non-hydrogen) atoms. The molecule has 1 aliphatic rings. The monoisotopic (exact) mass is 638 g/mol. The number of nitrogens with zero attached hydrogens (tertiary/aromatic N) is 2. The van der Waals surface area contributed by atoms with Crippen molar-refractivity contribution in [1.29, 1.82) is 0 Å². The zero-order chi connectivity index (χ0) is 33.1. The quantitative estimate of drug-likeness (QED) is 0.211. The lowest BCUT2D eigenvalue weighted by Gasteiger charge is -2.23. The molecular weight excluding hydrogens is 595 g/mol. The van der Waals surface area contributed by atoms with Gasteiger partial charge in [0.1, 0.15) is 17.1 Å². The zero-order valence-corrected chi connectivity index (χ0v) is 28.1. The van der Waals surface area contributed by atoms with Crippen LogP contribution in [0.2, 0.25) is 0 Å². The third-order valence-corrected chi connectivity index (χ3v) is 7.95. The summed E-state index contributed by atoms with van der Waals surface area (Å²) >= 11 is 1.37. The van der Waals surface area contributed by atoms with Crippen molar-refractivity contribution in [2.75, 3.05) is 38.1 Å². The molecule has 2 amide bonds. The van der Waals surface area contributed by atoms with Crippen molar-refractivity contribution in [3.05, 3.63) is 70.1 Å². The molecule has 0 bridgehead atoms. The summed E-state index contributed by atoms with van der Waals surface area (Å²) in [5.74, 6) is 0.812. The lowest BCUT2D eigenvalue weighted by atomic mass is 9.96. The molecule has 2 unspecified atom stereocenters. The van der Waals surface area contributed by atoms with E-state index in [1.807, 2.05) is 27.7 Å². The van der Waals surface area contributed by atoms with Gasteiger partial charge in [-0.3, -0.25) is 9.59 Å². The molecule has 0 aliphatic carbocycles. The molecule has 2 N–H and O–H groups in total. The molecule has 1 saturated heterocycles. The van der Waals surface area contributed by atoms with Gasteiger partial charge in [-0.25, -0.2) is 14.4 Å². The highest BCUT2D eigenvalue weighted by Crippen LogP contribution is 2.33. The van der Waals surface area contributed by atoms with E-state index in [0.717, 1.165) is 30.1 Å². The number of carbonyl (C=O) groups excluding carboxylic acids is 2. The van der Waals surface area contributed by atoms with Crippen LogP contribution in [-0.4, -0.2) is 49.2 Å². The number of aryl methyl sites for hydroxylation is 2. The molecule has 2 atom stereocenters. The summed E-state index contributed by atoms with van der Waals surface area (Å²) in [6.07, 6.45) is 3.17. The van der Waals surface area contributed by atoms with Crippen LogP contribution in [0.25, 0.3) is 10.2 Å². The maximum atomic E-state index is 13.9. The summed E-state index contributed by atoms with van der Waals surface area (Å²) in [5.41, 5.74) is 2.18. The first kappa shape index (κ1) is 35.4. The summed E-state index contributed by atoms with van der Waals surface area (Å²) in [5, 5.41) is 6.33. The minimum absolute atomic E-state index is 0.124. The molecule has 4 aromatic rings. The summed E-state index contributed by atoms with van der Waals surface area (Å²) in [4.78, 5) is 35.1. The largest absolute Gasteiger partial charge is 0.496 e. The van der Waals surface area contributed by atoms with Gasteiger partial charge >= 0.3 is 0 Å². The molecule has 1 fully saturated rings. The number of halogens is 1. The van der Waals surface area contributed by atoms with E-state index in [1.54, 1.807) is 18.2 Å². The van der Waals surface area contributed by atoms with Crippen LogP contribution < -0.4 is 20.1 Å². The third kappa shape index (κ3) is 9.21. The SMILES string of the molecule is CC.CC1COCC(C)C1.CCc1cc(NC(=O)c2cc(OC)ncc2NC(=O)c2c(OC)ccc3nc(C)sc23)ccc1F. The van der Waals surface area contributed by atoms with Gasteiger partial charge < -0.3 is 24.8 Å². The summed E-state index contributed by atoms with van der Waals surface area (Å²) in [6.45, 7) is 14.1. The fourth-order valence-corrected chi connectivity index (χ4v) is 5.86. The first-order valence-corrected chi connectivity index (χ1v) is 15.9. The minimum Gasteiger partial charge on any atom is -0.496 e. The Balaban J connectivity index is 0.000000475. The Morgan fingerprint density at radius 3 is 2.33 bits per heavy atom. The number of hydrogen-bond acceptors (Lipinski definition) is 8. The van der Waals surface area contributed by atoms with E-state index < -0.39 is 11.8 Å². The average molecular weight is 639 g/mol. The van der Waals surface area contributed by atoms with Crippen molar-refractivity contribution >= 4 is 44.7 Å². The number of pyridine rings is 1. The van der Waals surface area contributed by atoms with Crippen molar-refractivity contribution in [3.63, 3.8) is 0 Å². The number of hydrogen-bond donors (Lipinski definition) is 2. The van der Waals surface area contributed by atoms with Crippen molar-refractivity contribution in [1.82, 2.24) is 9.97 Å². The molecule has 1 aliphatic heterocycles. The fourth-order valence-electron chi connectivity index (χ4n) is 4.91. The number of anilines is 2. The van der Waals surface area contributed by atoms with E-state index in [-0.39, 0.29) is 22.9 Å².